The van der Waals surface area contributed by atoms with Gasteiger partial charge in [0, 0.05) is 23.7 Å². The van der Waals surface area contributed by atoms with Gasteiger partial charge < -0.3 is 20.1 Å². The van der Waals surface area contributed by atoms with Gasteiger partial charge >= 0.3 is 12.1 Å². The van der Waals surface area contributed by atoms with E-state index in [1.54, 1.807) is 12.1 Å². The molecule has 7 nitrogen and oxygen atoms in total. The molecule has 2 N–H and O–H groups in total. The van der Waals surface area contributed by atoms with E-state index >= 15 is 0 Å². The van der Waals surface area contributed by atoms with Crippen LogP contribution in [-0.2, 0) is 9.47 Å². The first-order valence-corrected chi connectivity index (χ1v) is 10.6. The number of ether oxygens (including phenoxy) is 2. The summed E-state index contributed by atoms with van der Waals surface area (Å²) in [5.74, 6) is 0.639. The maximum absolute atomic E-state index is 12.9. The molecule has 2 aliphatic heterocycles. The van der Waals surface area contributed by atoms with E-state index in [1.807, 2.05) is 11.8 Å². The van der Waals surface area contributed by atoms with Crippen LogP contribution in [0.5, 0.6) is 0 Å². The number of carbonyl (C=O) groups excluding carboxylic acids is 1. The molecule has 2 atom stereocenters. The van der Waals surface area contributed by atoms with Gasteiger partial charge in [0.15, 0.2) is 17.9 Å². The summed E-state index contributed by atoms with van der Waals surface area (Å²) < 4.78 is 49.7. The fourth-order valence-electron chi connectivity index (χ4n) is 4.61. The van der Waals surface area contributed by atoms with Crippen LogP contribution in [0.3, 0.4) is 0 Å². The lowest BCUT2D eigenvalue weighted by atomic mass is 9.97. The number of allylic oxidation sites excluding steroid dienone is 1. The molecule has 1 aromatic rings. The van der Waals surface area contributed by atoms with Gasteiger partial charge in [-0.15, -0.1) is 0 Å². The minimum absolute atomic E-state index is 0.0252. The highest BCUT2D eigenvalue weighted by Gasteiger charge is 2.62. The Labute approximate surface area is 184 Å². The number of aliphatic imine (C=N–C) groups is 1. The van der Waals surface area contributed by atoms with Gasteiger partial charge in [-0.3, -0.25) is 0 Å². The predicted octanol–water partition coefficient (Wildman–Crippen LogP) is 4.45. The van der Waals surface area contributed by atoms with E-state index in [0.29, 0.717) is 17.2 Å². The van der Waals surface area contributed by atoms with Crippen molar-refractivity contribution in [3.05, 3.63) is 29.7 Å². The maximum Gasteiger partial charge on any atom is 0.394 e. The van der Waals surface area contributed by atoms with Gasteiger partial charge in [-0.05, 0) is 51.7 Å². The molecule has 0 aromatic carbocycles. The average Bonchev–Trinajstić information content (AvgIpc) is 3.44. The fourth-order valence-corrected chi connectivity index (χ4v) is 4.61. The number of aromatic nitrogens is 1. The SMILES string of the molecule is C[C@H]1CC(C)(C)N2c3nc(N=C/C=C(\N)OCCC4(C(F)(F)F)CC4)ccc3C(=O)OC12. The van der Waals surface area contributed by atoms with E-state index in [1.165, 1.54) is 12.3 Å². The molecule has 0 bridgehead atoms. The Hall–Kier alpha value is -2.78. The predicted molar refractivity (Wildman–Crippen MR) is 112 cm³/mol. The molecule has 10 heteroatoms. The zero-order valence-electron chi connectivity index (χ0n) is 18.3. The average molecular weight is 452 g/mol. The quantitative estimate of drug-likeness (QED) is 0.390. The van der Waals surface area contributed by atoms with Crippen LogP contribution in [0.2, 0.25) is 0 Å². The molecule has 1 saturated heterocycles. The summed E-state index contributed by atoms with van der Waals surface area (Å²) in [5.41, 5.74) is 4.26. The Balaban J connectivity index is 1.43. The summed E-state index contributed by atoms with van der Waals surface area (Å²) in [6.07, 6.45) is -0.827. The molecule has 1 aliphatic carbocycles. The molecule has 3 heterocycles. The molecule has 32 heavy (non-hydrogen) atoms. The summed E-state index contributed by atoms with van der Waals surface area (Å²) in [7, 11) is 0. The highest BCUT2D eigenvalue weighted by atomic mass is 19.4. The zero-order chi connectivity index (χ0) is 23.3. The van der Waals surface area contributed by atoms with E-state index in [0.717, 1.165) is 6.42 Å². The number of carbonyl (C=O) groups is 1. The van der Waals surface area contributed by atoms with Crippen molar-refractivity contribution in [1.29, 1.82) is 0 Å². The first kappa shape index (κ1) is 22.4. The van der Waals surface area contributed by atoms with Crippen molar-refractivity contribution in [2.24, 2.45) is 22.1 Å². The van der Waals surface area contributed by atoms with Crippen molar-refractivity contribution in [3.63, 3.8) is 0 Å². The van der Waals surface area contributed by atoms with Crippen LogP contribution in [0, 0.1) is 11.3 Å². The third kappa shape index (κ3) is 4.02. The van der Waals surface area contributed by atoms with Gasteiger partial charge in [0.2, 0.25) is 0 Å². The van der Waals surface area contributed by atoms with Crippen LogP contribution in [0.4, 0.5) is 24.8 Å². The number of nitrogens with two attached hydrogens (primary N) is 1. The Morgan fingerprint density at radius 3 is 2.78 bits per heavy atom. The molecular weight excluding hydrogens is 425 g/mol. The largest absolute Gasteiger partial charge is 0.479 e. The van der Waals surface area contributed by atoms with Crippen molar-refractivity contribution in [3.8, 4) is 0 Å². The van der Waals surface area contributed by atoms with Crippen LogP contribution in [0.1, 0.15) is 56.8 Å². The van der Waals surface area contributed by atoms with E-state index in [-0.39, 0.29) is 49.4 Å². The number of halogens is 3. The van der Waals surface area contributed by atoms with Gasteiger partial charge in [-0.2, -0.15) is 13.2 Å². The summed E-state index contributed by atoms with van der Waals surface area (Å²) >= 11 is 0. The number of esters is 1. The second-order valence-electron chi connectivity index (χ2n) is 9.42. The highest BCUT2D eigenvalue weighted by molar-refractivity contribution is 5.97. The molecule has 174 valence electrons. The van der Waals surface area contributed by atoms with Gasteiger partial charge in [-0.25, -0.2) is 14.8 Å². The Morgan fingerprint density at radius 2 is 2.12 bits per heavy atom. The smallest absolute Gasteiger partial charge is 0.394 e. The number of nitrogens with zero attached hydrogens (tertiary/aromatic N) is 3. The first-order chi connectivity index (χ1) is 14.9. The van der Waals surface area contributed by atoms with E-state index < -0.39 is 17.6 Å². The van der Waals surface area contributed by atoms with Crippen molar-refractivity contribution in [2.45, 2.75) is 64.4 Å². The fraction of sp³-hybridized carbons (Fsp3) is 0.591. The zero-order valence-corrected chi connectivity index (χ0v) is 18.3. The van der Waals surface area contributed by atoms with Gasteiger partial charge in [0.1, 0.15) is 11.4 Å². The second-order valence-corrected chi connectivity index (χ2v) is 9.42. The third-order valence-electron chi connectivity index (χ3n) is 6.50. The standard InChI is InChI=1S/C22H27F3N4O3/c1-13-12-20(2,3)29-17-14(19(30)32-18(13)29)4-5-16(28-17)27-10-6-15(26)31-11-9-21(7-8-21)22(23,24)25/h4-6,10,13,18H,7-9,11-12,26H2,1-3H3/b15-6+,27-10?/t13-,18?/m0/s1. The van der Waals surface area contributed by atoms with Crippen LogP contribution in [0.25, 0.3) is 0 Å². The molecule has 1 aromatic heterocycles. The summed E-state index contributed by atoms with van der Waals surface area (Å²) in [5, 5.41) is 0. The Morgan fingerprint density at radius 1 is 1.41 bits per heavy atom. The molecule has 1 unspecified atom stereocenters. The number of rotatable bonds is 6. The number of alkyl halides is 3. The first-order valence-electron chi connectivity index (χ1n) is 10.6. The van der Waals surface area contributed by atoms with Gasteiger partial charge in [0.25, 0.3) is 0 Å². The van der Waals surface area contributed by atoms with Gasteiger partial charge in [0.05, 0.1) is 12.0 Å². The van der Waals surface area contributed by atoms with Crippen LogP contribution in [0.15, 0.2) is 29.1 Å². The maximum atomic E-state index is 12.9. The summed E-state index contributed by atoms with van der Waals surface area (Å²) in [6, 6.07) is 3.22. The van der Waals surface area contributed by atoms with Crippen molar-refractivity contribution in [1.82, 2.24) is 4.98 Å². The number of hydrogen-bond donors (Lipinski definition) is 1. The molecule has 0 radical (unpaired) electrons. The normalized spacial score (nSPS) is 26.0. The van der Waals surface area contributed by atoms with Crippen LogP contribution in [-0.4, -0.2) is 41.7 Å². The number of pyridine rings is 1. The lowest BCUT2D eigenvalue weighted by Crippen LogP contribution is -2.49. The molecule has 3 aliphatic rings. The van der Waals surface area contributed by atoms with Crippen molar-refractivity contribution >= 4 is 23.8 Å². The van der Waals surface area contributed by atoms with Crippen molar-refractivity contribution in [2.75, 3.05) is 11.5 Å². The van der Waals surface area contributed by atoms with Crippen molar-refractivity contribution < 1.29 is 27.4 Å². The minimum atomic E-state index is -4.21. The summed E-state index contributed by atoms with van der Waals surface area (Å²) in [6.45, 7) is 6.09. The number of hydrogen-bond acceptors (Lipinski definition) is 7. The minimum Gasteiger partial charge on any atom is -0.479 e. The van der Waals surface area contributed by atoms with E-state index in [4.69, 9.17) is 15.2 Å². The van der Waals surface area contributed by atoms with Crippen LogP contribution >= 0.6 is 0 Å². The molecule has 4 rings (SSSR count). The molecular formula is C22H27F3N4O3. The van der Waals surface area contributed by atoms with E-state index in [9.17, 15) is 18.0 Å². The van der Waals surface area contributed by atoms with Gasteiger partial charge in [-0.1, -0.05) is 6.92 Å². The molecule has 0 amide bonds. The number of anilines is 1. The third-order valence-corrected chi connectivity index (χ3v) is 6.50. The highest BCUT2D eigenvalue weighted by Crippen LogP contribution is 2.59. The lowest BCUT2D eigenvalue weighted by Gasteiger charge is -2.40. The monoisotopic (exact) mass is 452 g/mol. The molecule has 1 saturated carbocycles. The topological polar surface area (TPSA) is 90.0 Å². The molecule has 2 fully saturated rings. The van der Waals surface area contributed by atoms with E-state index in [2.05, 4.69) is 23.8 Å². The van der Waals surface area contributed by atoms with Crippen LogP contribution < -0.4 is 10.6 Å². The summed E-state index contributed by atoms with van der Waals surface area (Å²) in [4.78, 5) is 23.2. The Bertz CT molecular complexity index is 970. The second kappa shape index (κ2) is 7.67. The molecule has 0 spiro atoms. The number of fused-ring (bicyclic) bond motifs is 3. The Kier molecular flexibility index (Phi) is 5.37. The lowest BCUT2D eigenvalue weighted by molar-refractivity contribution is -0.191.